The van der Waals surface area contributed by atoms with Crippen LogP contribution >= 0.6 is 0 Å². The van der Waals surface area contributed by atoms with Crippen molar-refractivity contribution in [1.82, 2.24) is 24.9 Å². The number of nitrogens with zero attached hydrogens (tertiary/aromatic N) is 4. The van der Waals surface area contributed by atoms with Gasteiger partial charge in [0, 0.05) is 43.0 Å². The molecule has 4 rings (SSSR count). The highest BCUT2D eigenvalue weighted by atomic mass is 19.1. The van der Waals surface area contributed by atoms with Gasteiger partial charge < -0.3 is 9.72 Å². The second-order valence-electron chi connectivity index (χ2n) is 6.28. The minimum absolute atomic E-state index is 0.325. The number of halogens is 1. The molecule has 0 atom stereocenters. The maximum atomic E-state index is 13.2. The molecule has 0 fully saturated rings. The molecule has 6 nitrogen and oxygen atoms in total. The summed E-state index contributed by atoms with van der Waals surface area (Å²) in [6, 6.07) is 3.46. The molecular weight excluding hydrogens is 345 g/mol. The van der Waals surface area contributed by atoms with Crippen molar-refractivity contribution in [1.29, 1.82) is 0 Å². The quantitative estimate of drug-likeness (QED) is 0.569. The number of H-pyrrole nitrogens is 1. The van der Waals surface area contributed by atoms with E-state index >= 15 is 0 Å². The van der Waals surface area contributed by atoms with E-state index in [1.807, 2.05) is 24.7 Å². The Balaban J connectivity index is 1.45. The number of ether oxygens (including phenoxy) is 1. The van der Waals surface area contributed by atoms with Crippen LogP contribution < -0.4 is 4.74 Å². The van der Waals surface area contributed by atoms with Crippen LogP contribution in [0, 0.1) is 5.82 Å². The number of hydrogen-bond donors (Lipinski definition) is 1. The normalized spacial score (nSPS) is 11.0. The van der Waals surface area contributed by atoms with Gasteiger partial charge in [-0.15, -0.1) is 0 Å². The molecule has 4 aromatic heterocycles. The standard InChI is InChI=1S/C20H18FN5O/c1-27-17-6-18-15(10-25-20(18)26-12-17)4-14-8-23-19(24-9-14)3-2-13-5-16(21)11-22-7-13/h5-12H,2-4H2,1H3,(H,25,26). The van der Waals surface area contributed by atoms with E-state index in [1.165, 1.54) is 12.3 Å². The fourth-order valence-electron chi connectivity index (χ4n) is 2.97. The van der Waals surface area contributed by atoms with Crippen molar-refractivity contribution in [3.63, 3.8) is 0 Å². The van der Waals surface area contributed by atoms with E-state index in [1.54, 1.807) is 19.5 Å². The molecule has 0 aliphatic rings. The van der Waals surface area contributed by atoms with Crippen LogP contribution in [-0.2, 0) is 19.3 Å². The van der Waals surface area contributed by atoms with Crippen molar-refractivity contribution in [3.05, 3.63) is 77.6 Å². The molecule has 27 heavy (non-hydrogen) atoms. The topological polar surface area (TPSA) is 76.6 Å². The first-order chi connectivity index (χ1) is 13.2. The van der Waals surface area contributed by atoms with Crippen LogP contribution in [0.1, 0.15) is 22.5 Å². The minimum atomic E-state index is -0.325. The largest absolute Gasteiger partial charge is 0.495 e. The van der Waals surface area contributed by atoms with Gasteiger partial charge in [0.15, 0.2) is 0 Å². The average molecular weight is 363 g/mol. The monoisotopic (exact) mass is 363 g/mol. The van der Waals surface area contributed by atoms with E-state index in [2.05, 4.69) is 24.9 Å². The fraction of sp³-hybridized carbons (Fsp3) is 0.200. The van der Waals surface area contributed by atoms with E-state index in [0.717, 1.165) is 39.3 Å². The molecule has 1 N–H and O–H groups in total. The molecule has 136 valence electrons. The molecule has 0 amide bonds. The maximum Gasteiger partial charge on any atom is 0.141 e. The SMILES string of the molecule is COc1cnc2[nH]cc(Cc3cnc(CCc4cncc(F)c4)nc3)c2c1. The Morgan fingerprint density at radius 2 is 1.81 bits per heavy atom. The molecule has 0 aliphatic carbocycles. The first-order valence-corrected chi connectivity index (χ1v) is 8.60. The Bertz CT molecular complexity index is 1060. The number of aryl methyl sites for hydroxylation is 2. The summed E-state index contributed by atoms with van der Waals surface area (Å²) in [5, 5.41) is 1.03. The van der Waals surface area contributed by atoms with Gasteiger partial charge in [0.2, 0.25) is 0 Å². The van der Waals surface area contributed by atoms with Crippen molar-refractivity contribution >= 4 is 11.0 Å². The molecule has 4 heterocycles. The third kappa shape index (κ3) is 3.92. The molecule has 4 aromatic rings. The molecule has 0 aromatic carbocycles. The zero-order valence-corrected chi connectivity index (χ0v) is 14.8. The number of aromatic nitrogens is 5. The summed E-state index contributed by atoms with van der Waals surface area (Å²) < 4.78 is 18.4. The van der Waals surface area contributed by atoms with Crippen molar-refractivity contribution in [3.8, 4) is 5.75 Å². The van der Waals surface area contributed by atoms with Crippen LogP contribution in [0.2, 0.25) is 0 Å². The zero-order valence-electron chi connectivity index (χ0n) is 14.8. The van der Waals surface area contributed by atoms with Gasteiger partial charge in [-0.1, -0.05) is 0 Å². The Hall–Kier alpha value is -3.35. The molecule has 0 radical (unpaired) electrons. The molecular formula is C20H18FN5O. The number of methoxy groups -OCH3 is 1. The van der Waals surface area contributed by atoms with Gasteiger partial charge in [-0.2, -0.15) is 0 Å². The van der Waals surface area contributed by atoms with Gasteiger partial charge >= 0.3 is 0 Å². The Kier molecular flexibility index (Phi) is 4.74. The van der Waals surface area contributed by atoms with Crippen molar-refractivity contribution in [2.75, 3.05) is 7.11 Å². The maximum absolute atomic E-state index is 13.2. The molecule has 0 saturated heterocycles. The van der Waals surface area contributed by atoms with Crippen molar-refractivity contribution in [2.45, 2.75) is 19.3 Å². The second-order valence-corrected chi connectivity index (χ2v) is 6.28. The number of rotatable bonds is 6. The number of pyridine rings is 2. The molecule has 0 aliphatic heterocycles. The van der Waals surface area contributed by atoms with Gasteiger partial charge in [-0.25, -0.2) is 19.3 Å². The molecule has 0 bridgehead atoms. The van der Waals surface area contributed by atoms with E-state index < -0.39 is 0 Å². The smallest absolute Gasteiger partial charge is 0.141 e. The van der Waals surface area contributed by atoms with Crippen LogP contribution in [0.3, 0.4) is 0 Å². The highest BCUT2D eigenvalue weighted by Crippen LogP contribution is 2.23. The third-order valence-corrected chi connectivity index (χ3v) is 4.38. The van der Waals surface area contributed by atoms with Gasteiger partial charge in [-0.05, 0) is 35.2 Å². The summed E-state index contributed by atoms with van der Waals surface area (Å²) in [7, 11) is 1.63. The summed E-state index contributed by atoms with van der Waals surface area (Å²) >= 11 is 0. The second kappa shape index (κ2) is 7.49. The Morgan fingerprint density at radius 1 is 0.963 bits per heavy atom. The minimum Gasteiger partial charge on any atom is -0.495 e. The van der Waals surface area contributed by atoms with Crippen LogP contribution in [0.5, 0.6) is 5.75 Å². The third-order valence-electron chi connectivity index (χ3n) is 4.38. The van der Waals surface area contributed by atoms with Gasteiger partial charge in [0.1, 0.15) is 23.0 Å². The molecule has 7 heteroatoms. The first-order valence-electron chi connectivity index (χ1n) is 8.60. The lowest BCUT2D eigenvalue weighted by Crippen LogP contribution is -2.00. The summed E-state index contributed by atoms with van der Waals surface area (Å²) in [5.74, 6) is 1.13. The van der Waals surface area contributed by atoms with Crippen LogP contribution in [-0.4, -0.2) is 32.0 Å². The number of nitrogens with one attached hydrogen (secondary N) is 1. The van der Waals surface area contributed by atoms with Gasteiger partial charge in [0.05, 0.1) is 19.5 Å². The molecule has 0 spiro atoms. The Morgan fingerprint density at radius 3 is 2.59 bits per heavy atom. The fourth-order valence-corrected chi connectivity index (χ4v) is 2.97. The van der Waals surface area contributed by atoms with Crippen molar-refractivity contribution in [2.24, 2.45) is 0 Å². The van der Waals surface area contributed by atoms with Crippen LogP contribution in [0.15, 0.2) is 49.3 Å². The number of hydrogen-bond acceptors (Lipinski definition) is 5. The van der Waals surface area contributed by atoms with Crippen LogP contribution in [0.25, 0.3) is 11.0 Å². The van der Waals surface area contributed by atoms with Crippen molar-refractivity contribution < 1.29 is 9.13 Å². The zero-order chi connectivity index (χ0) is 18.6. The lowest BCUT2D eigenvalue weighted by atomic mass is 10.1. The summed E-state index contributed by atoms with van der Waals surface area (Å²) in [6.07, 6.45) is 12.1. The number of aromatic amines is 1. The summed E-state index contributed by atoms with van der Waals surface area (Å²) in [6.45, 7) is 0. The lowest BCUT2D eigenvalue weighted by molar-refractivity contribution is 0.413. The average Bonchev–Trinajstić information content (AvgIpc) is 3.09. The molecule has 0 saturated carbocycles. The van der Waals surface area contributed by atoms with E-state index in [-0.39, 0.29) is 5.82 Å². The van der Waals surface area contributed by atoms with E-state index in [4.69, 9.17) is 4.74 Å². The summed E-state index contributed by atoms with van der Waals surface area (Å²) in [5.41, 5.74) is 3.78. The predicted octanol–water partition coefficient (Wildman–Crippen LogP) is 3.27. The lowest BCUT2D eigenvalue weighted by Gasteiger charge is -2.04. The highest BCUT2D eigenvalue weighted by Gasteiger charge is 2.08. The van der Waals surface area contributed by atoms with E-state index in [0.29, 0.717) is 19.3 Å². The first kappa shape index (κ1) is 17.1. The van der Waals surface area contributed by atoms with Crippen LogP contribution in [0.4, 0.5) is 4.39 Å². The van der Waals surface area contributed by atoms with Gasteiger partial charge in [0.25, 0.3) is 0 Å². The van der Waals surface area contributed by atoms with Gasteiger partial charge in [-0.3, -0.25) is 4.98 Å². The highest BCUT2D eigenvalue weighted by molar-refractivity contribution is 5.81. The van der Waals surface area contributed by atoms with E-state index in [9.17, 15) is 4.39 Å². The summed E-state index contributed by atoms with van der Waals surface area (Å²) in [4.78, 5) is 20.2. The molecule has 0 unspecified atom stereocenters. The predicted molar refractivity (Wildman–Crippen MR) is 99.1 cm³/mol. The Labute approximate surface area is 155 Å². The number of fused-ring (bicyclic) bond motifs is 1.